The van der Waals surface area contributed by atoms with Crippen molar-refractivity contribution in [3.05, 3.63) is 29.6 Å². The lowest BCUT2D eigenvalue weighted by molar-refractivity contribution is -0.112. The fourth-order valence-electron chi connectivity index (χ4n) is 1.67. The van der Waals surface area contributed by atoms with E-state index in [1.807, 2.05) is 13.0 Å². The van der Waals surface area contributed by atoms with Crippen LogP contribution in [0.4, 0.5) is 5.69 Å². The number of carbonyl (C=O) groups is 2. The van der Waals surface area contributed by atoms with Crippen molar-refractivity contribution in [2.75, 3.05) is 11.9 Å². The zero-order valence-electron chi connectivity index (χ0n) is 11.8. The highest BCUT2D eigenvalue weighted by Gasteiger charge is 2.14. The minimum atomic E-state index is -0.397. The number of amides is 1. The van der Waals surface area contributed by atoms with Gasteiger partial charge in [-0.15, -0.1) is 0 Å². The Bertz CT molecular complexity index is 501. The molecule has 5 heteroatoms. The molecule has 0 atom stereocenters. The van der Waals surface area contributed by atoms with Crippen LogP contribution in [0.5, 0.6) is 0 Å². The third kappa shape index (κ3) is 3.98. The molecule has 0 bridgehead atoms. The molecule has 0 saturated carbocycles. The molecular weight excluding hydrogens is 244 g/mol. The molecule has 0 aromatic carbocycles. The summed E-state index contributed by atoms with van der Waals surface area (Å²) in [6.07, 6.45) is 4.34. The van der Waals surface area contributed by atoms with Crippen molar-refractivity contribution in [2.45, 2.75) is 27.2 Å². The maximum atomic E-state index is 11.8. The Hall–Kier alpha value is -2.04. The highest BCUT2D eigenvalue weighted by molar-refractivity contribution is 6.03. The van der Waals surface area contributed by atoms with E-state index in [-0.39, 0.29) is 5.91 Å². The van der Waals surface area contributed by atoms with E-state index in [1.165, 1.54) is 0 Å². The van der Waals surface area contributed by atoms with Gasteiger partial charge in [0.05, 0.1) is 12.3 Å². The molecule has 1 aromatic heterocycles. The topological polar surface area (TPSA) is 60.3 Å². The van der Waals surface area contributed by atoms with Crippen molar-refractivity contribution in [2.24, 2.45) is 7.05 Å². The first-order valence-corrected chi connectivity index (χ1v) is 6.31. The number of rotatable bonds is 5. The maximum Gasteiger partial charge on any atom is 0.355 e. The van der Waals surface area contributed by atoms with E-state index in [9.17, 15) is 9.59 Å². The van der Waals surface area contributed by atoms with Gasteiger partial charge in [-0.1, -0.05) is 13.0 Å². The van der Waals surface area contributed by atoms with Crippen LogP contribution >= 0.6 is 0 Å². The van der Waals surface area contributed by atoms with Crippen molar-refractivity contribution in [3.8, 4) is 0 Å². The van der Waals surface area contributed by atoms with E-state index in [0.717, 1.165) is 6.42 Å². The smallest absolute Gasteiger partial charge is 0.355 e. The predicted octanol–water partition coefficient (Wildman–Crippen LogP) is 2.50. The van der Waals surface area contributed by atoms with Crippen molar-refractivity contribution >= 4 is 17.6 Å². The summed E-state index contributed by atoms with van der Waals surface area (Å²) >= 11 is 0. The first kappa shape index (κ1) is 15.0. The number of hydrogen-bond donors (Lipinski definition) is 1. The van der Waals surface area contributed by atoms with Gasteiger partial charge in [0.25, 0.3) is 5.91 Å². The molecule has 1 rings (SSSR count). The average Bonchev–Trinajstić information content (AvgIpc) is 2.70. The Morgan fingerprint density at radius 1 is 1.42 bits per heavy atom. The fraction of sp³-hybridized carbons (Fsp3) is 0.429. The first-order valence-electron chi connectivity index (χ1n) is 6.31. The maximum absolute atomic E-state index is 11.8. The number of nitrogens with one attached hydrogen (secondary N) is 1. The van der Waals surface area contributed by atoms with Gasteiger partial charge in [-0.3, -0.25) is 4.79 Å². The zero-order valence-corrected chi connectivity index (χ0v) is 11.8. The van der Waals surface area contributed by atoms with Crippen LogP contribution in [0.25, 0.3) is 0 Å². The van der Waals surface area contributed by atoms with Crippen LogP contribution < -0.4 is 5.32 Å². The predicted molar refractivity (Wildman–Crippen MR) is 74.0 cm³/mol. The highest BCUT2D eigenvalue weighted by atomic mass is 16.5. The summed E-state index contributed by atoms with van der Waals surface area (Å²) in [6.45, 7) is 5.80. The Kier molecular flexibility index (Phi) is 5.36. The van der Waals surface area contributed by atoms with Gasteiger partial charge in [-0.05, 0) is 26.3 Å². The van der Waals surface area contributed by atoms with Crippen molar-refractivity contribution in [1.82, 2.24) is 4.57 Å². The zero-order chi connectivity index (χ0) is 14.4. The van der Waals surface area contributed by atoms with Crippen LogP contribution in [-0.2, 0) is 16.6 Å². The monoisotopic (exact) mass is 264 g/mol. The lowest BCUT2D eigenvalue weighted by Crippen LogP contribution is -2.12. The lowest BCUT2D eigenvalue weighted by Gasteiger charge is -2.01. The SMILES string of the molecule is CC/C=C(\C)C(=O)Nc1cc(C(=O)OCC)n(C)c1. The summed E-state index contributed by atoms with van der Waals surface area (Å²) in [7, 11) is 1.73. The summed E-state index contributed by atoms with van der Waals surface area (Å²) < 4.78 is 6.56. The van der Waals surface area contributed by atoms with E-state index in [2.05, 4.69) is 5.32 Å². The number of esters is 1. The Morgan fingerprint density at radius 3 is 2.68 bits per heavy atom. The molecule has 19 heavy (non-hydrogen) atoms. The minimum Gasteiger partial charge on any atom is -0.461 e. The van der Waals surface area contributed by atoms with Crippen LogP contribution in [0.1, 0.15) is 37.7 Å². The molecule has 1 N–H and O–H groups in total. The number of nitrogens with zero attached hydrogens (tertiary/aromatic N) is 1. The summed E-state index contributed by atoms with van der Waals surface area (Å²) in [6, 6.07) is 1.61. The van der Waals surface area contributed by atoms with Crippen molar-refractivity contribution in [3.63, 3.8) is 0 Å². The molecule has 0 aliphatic heterocycles. The molecule has 104 valence electrons. The lowest BCUT2D eigenvalue weighted by atomic mass is 10.2. The van der Waals surface area contributed by atoms with Gasteiger partial charge < -0.3 is 14.6 Å². The summed E-state index contributed by atoms with van der Waals surface area (Å²) in [5, 5.41) is 2.75. The van der Waals surface area contributed by atoms with Gasteiger partial charge in [0.15, 0.2) is 0 Å². The second-order valence-electron chi connectivity index (χ2n) is 4.19. The number of allylic oxidation sites excluding steroid dienone is 1. The number of ether oxygens (including phenoxy) is 1. The van der Waals surface area contributed by atoms with E-state index in [0.29, 0.717) is 23.6 Å². The van der Waals surface area contributed by atoms with Gasteiger partial charge in [0, 0.05) is 18.8 Å². The molecular formula is C14H20N2O3. The van der Waals surface area contributed by atoms with Crippen LogP contribution in [0, 0.1) is 0 Å². The summed E-state index contributed by atoms with van der Waals surface area (Å²) in [5.41, 5.74) is 1.65. The molecule has 0 saturated heterocycles. The quantitative estimate of drug-likeness (QED) is 0.656. The second-order valence-corrected chi connectivity index (χ2v) is 4.19. The van der Waals surface area contributed by atoms with Crippen molar-refractivity contribution < 1.29 is 14.3 Å². The van der Waals surface area contributed by atoms with Crippen LogP contribution in [0.3, 0.4) is 0 Å². The molecule has 0 radical (unpaired) electrons. The molecule has 1 aromatic rings. The molecule has 0 aliphatic rings. The number of aromatic nitrogens is 1. The van der Waals surface area contributed by atoms with E-state index in [4.69, 9.17) is 4.74 Å². The molecule has 1 amide bonds. The third-order valence-electron chi connectivity index (χ3n) is 2.62. The van der Waals surface area contributed by atoms with Gasteiger partial charge in [0.1, 0.15) is 5.69 Å². The number of carbonyl (C=O) groups excluding carboxylic acids is 2. The van der Waals surface area contributed by atoms with Crippen LogP contribution in [-0.4, -0.2) is 23.1 Å². The Morgan fingerprint density at radius 2 is 2.11 bits per heavy atom. The highest BCUT2D eigenvalue weighted by Crippen LogP contribution is 2.15. The van der Waals surface area contributed by atoms with Gasteiger partial charge >= 0.3 is 5.97 Å². The van der Waals surface area contributed by atoms with E-state index in [1.54, 1.807) is 37.7 Å². The number of aryl methyl sites for hydroxylation is 1. The minimum absolute atomic E-state index is 0.164. The molecule has 5 nitrogen and oxygen atoms in total. The van der Waals surface area contributed by atoms with Crippen LogP contribution in [0.2, 0.25) is 0 Å². The number of hydrogen-bond acceptors (Lipinski definition) is 3. The number of anilines is 1. The molecule has 1 heterocycles. The average molecular weight is 264 g/mol. The molecule has 0 unspecified atom stereocenters. The summed E-state index contributed by atoms with van der Waals surface area (Å²) in [4.78, 5) is 23.4. The summed E-state index contributed by atoms with van der Waals surface area (Å²) in [5.74, 6) is -0.561. The third-order valence-corrected chi connectivity index (χ3v) is 2.62. The van der Waals surface area contributed by atoms with Gasteiger partial charge in [-0.2, -0.15) is 0 Å². The van der Waals surface area contributed by atoms with E-state index < -0.39 is 5.97 Å². The molecule has 0 fully saturated rings. The van der Waals surface area contributed by atoms with Crippen molar-refractivity contribution in [1.29, 1.82) is 0 Å². The van der Waals surface area contributed by atoms with E-state index >= 15 is 0 Å². The largest absolute Gasteiger partial charge is 0.461 e. The first-order chi connectivity index (χ1) is 8.99. The Labute approximate surface area is 113 Å². The molecule has 0 spiro atoms. The second kappa shape index (κ2) is 6.78. The van der Waals surface area contributed by atoms with Gasteiger partial charge in [0.2, 0.25) is 0 Å². The normalized spacial score (nSPS) is 11.3. The van der Waals surface area contributed by atoms with Crippen LogP contribution in [0.15, 0.2) is 23.9 Å². The Balaban J connectivity index is 2.82. The molecule has 0 aliphatic carbocycles. The standard InChI is InChI=1S/C14H20N2O3/c1-5-7-10(3)13(17)15-11-8-12(16(4)9-11)14(18)19-6-2/h7-9H,5-6H2,1-4H3,(H,15,17)/b10-7+. The van der Waals surface area contributed by atoms with Gasteiger partial charge in [-0.25, -0.2) is 4.79 Å². The fourth-order valence-corrected chi connectivity index (χ4v) is 1.67.